The highest BCUT2D eigenvalue weighted by atomic mass is 16.2. The molecule has 0 saturated carbocycles. The van der Waals surface area contributed by atoms with Gasteiger partial charge in [0.05, 0.1) is 11.1 Å². The Balaban J connectivity index is 1.36. The first-order chi connectivity index (χ1) is 18.9. The molecule has 2 aliphatic rings. The number of carbonyl (C=O) groups excluding carboxylic acids is 2. The summed E-state index contributed by atoms with van der Waals surface area (Å²) in [5.41, 5.74) is 9.81. The Kier molecular flexibility index (Phi) is 6.41. The van der Waals surface area contributed by atoms with Gasteiger partial charge in [-0.25, -0.2) is 0 Å². The van der Waals surface area contributed by atoms with Gasteiger partial charge in [0.2, 0.25) is 0 Å². The molecule has 6 nitrogen and oxygen atoms in total. The number of hydrogen-bond donors (Lipinski definition) is 2. The normalized spacial score (nSPS) is 16.4. The molecule has 0 atom stereocenters. The van der Waals surface area contributed by atoms with Gasteiger partial charge in [-0.15, -0.1) is 0 Å². The molecule has 0 spiro atoms. The zero-order valence-corrected chi connectivity index (χ0v) is 22.5. The van der Waals surface area contributed by atoms with Crippen LogP contribution in [0.2, 0.25) is 0 Å². The lowest BCUT2D eigenvalue weighted by atomic mass is 9.93. The predicted molar refractivity (Wildman–Crippen MR) is 157 cm³/mol. The highest BCUT2D eigenvalue weighted by molar-refractivity contribution is 6.36. The van der Waals surface area contributed by atoms with Crippen molar-refractivity contribution in [1.29, 1.82) is 0 Å². The van der Waals surface area contributed by atoms with Crippen LogP contribution < -0.4 is 5.32 Å². The largest absolute Gasteiger partial charge is 0.358 e. The van der Waals surface area contributed by atoms with Crippen molar-refractivity contribution < 1.29 is 9.59 Å². The molecule has 196 valence electrons. The summed E-state index contributed by atoms with van der Waals surface area (Å²) in [6, 6.07) is 24.7. The molecule has 1 saturated heterocycles. The van der Waals surface area contributed by atoms with Crippen LogP contribution in [0.1, 0.15) is 32.9 Å². The van der Waals surface area contributed by atoms with E-state index < -0.39 is 0 Å². The highest BCUT2D eigenvalue weighted by Gasteiger charge is 2.29. The standard InChI is InChI=1S/C33H32N4O2/c1-21-29(34-22(2)30(21)33(39)37-18-16-36(3)17-19-37)20-27-31-26(10-7-11-28(31)35-32(27)38)25-14-12-24(13-15-25)23-8-5-4-6-9-23/h4-15,20,34H,16-19H2,1-3H3,(H,35,38). The van der Waals surface area contributed by atoms with Crippen molar-refractivity contribution in [2.45, 2.75) is 13.8 Å². The van der Waals surface area contributed by atoms with E-state index in [2.05, 4.69) is 64.7 Å². The Bertz CT molecular complexity index is 1590. The first-order valence-electron chi connectivity index (χ1n) is 13.4. The maximum Gasteiger partial charge on any atom is 0.256 e. The Morgan fingerprint density at radius 3 is 2.21 bits per heavy atom. The molecule has 1 aromatic heterocycles. The van der Waals surface area contributed by atoms with Crippen LogP contribution in [0.4, 0.5) is 5.69 Å². The minimum absolute atomic E-state index is 0.0504. The van der Waals surface area contributed by atoms with E-state index in [4.69, 9.17) is 0 Å². The van der Waals surface area contributed by atoms with Crippen molar-refractivity contribution >= 4 is 29.2 Å². The summed E-state index contributed by atoms with van der Waals surface area (Å²) in [6.45, 7) is 7.08. The van der Waals surface area contributed by atoms with E-state index in [9.17, 15) is 9.59 Å². The molecule has 4 aromatic rings. The van der Waals surface area contributed by atoms with Crippen LogP contribution in [0.15, 0.2) is 72.8 Å². The minimum atomic E-state index is -0.142. The molecular formula is C33H32N4O2. The average molecular weight is 517 g/mol. The van der Waals surface area contributed by atoms with Crippen LogP contribution in [-0.2, 0) is 4.79 Å². The van der Waals surface area contributed by atoms with Crippen molar-refractivity contribution in [2.75, 3.05) is 38.5 Å². The number of nitrogens with zero attached hydrogens (tertiary/aromatic N) is 2. The predicted octanol–water partition coefficient (Wildman–Crippen LogP) is 5.85. The van der Waals surface area contributed by atoms with Crippen LogP contribution in [0.3, 0.4) is 0 Å². The van der Waals surface area contributed by atoms with Gasteiger partial charge in [0.25, 0.3) is 11.8 Å². The second kappa shape index (κ2) is 10.0. The first-order valence-corrected chi connectivity index (χ1v) is 13.4. The zero-order valence-electron chi connectivity index (χ0n) is 22.5. The number of H-pyrrole nitrogens is 1. The Labute approximate surface area is 229 Å². The number of anilines is 1. The number of likely N-dealkylation sites (N-methyl/N-ethyl adjacent to an activating group) is 1. The van der Waals surface area contributed by atoms with Gasteiger partial charge in [0, 0.05) is 48.8 Å². The van der Waals surface area contributed by atoms with Crippen molar-refractivity contribution in [2.24, 2.45) is 0 Å². The van der Waals surface area contributed by atoms with Crippen LogP contribution in [0.25, 0.3) is 33.9 Å². The van der Waals surface area contributed by atoms with Gasteiger partial charge in [0.1, 0.15) is 0 Å². The van der Waals surface area contributed by atoms with Gasteiger partial charge in [-0.05, 0) is 60.9 Å². The summed E-state index contributed by atoms with van der Waals surface area (Å²) < 4.78 is 0. The number of aryl methyl sites for hydroxylation is 1. The molecule has 0 bridgehead atoms. The van der Waals surface area contributed by atoms with Crippen molar-refractivity contribution in [3.8, 4) is 22.3 Å². The molecule has 2 N–H and O–H groups in total. The molecule has 0 aliphatic carbocycles. The number of fused-ring (bicyclic) bond motifs is 1. The fourth-order valence-electron chi connectivity index (χ4n) is 5.65. The minimum Gasteiger partial charge on any atom is -0.358 e. The van der Waals surface area contributed by atoms with Crippen LogP contribution in [0.5, 0.6) is 0 Å². The fourth-order valence-corrected chi connectivity index (χ4v) is 5.65. The number of hydrogen-bond acceptors (Lipinski definition) is 3. The summed E-state index contributed by atoms with van der Waals surface area (Å²) in [7, 11) is 2.08. The van der Waals surface area contributed by atoms with E-state index in [0.717, 1.165) is 71.1 Å². The lowest BCUT2D eigenvalue weighted by Crippen LogP contribution is -2.47. The SMILES string of the molecule is Cc1[nH]c(C=C2C(=O)Nc3cccc(-c4ccc(-c5ccccc5)cc4)c32)c(C)c1C(=O)N1CCN(C)CC1. The molecular weight excluding hydrogens is 484 g/mol. The van der Waals surface area contributed by atoms with E-state index in [1.54, 1.807) is 0 Å². The van der Waals surface area contributed by atoms with Gasteiger partial charge < -0.3 is 20.1 Å². The maximum absolute atomic E-state index is 13.4. The van der Waals surface area contributed by atoms with Gasteiger partial charge in [-0.2, -0.15) is 0 Å². The monoisotopic (exact) mass is 516 g/mol. The number of piperazine rings is 1. The topological polar surface area (TPSA) is 68.4 Å². The van der Waals surface area contributed by atoms with Crippen molar-refractivity contribution in [1.82, 2.24) is 14.8 Å². The highest BCUT2D eigenvalue weighted by Crippen LogP contribution is 2.41. The Morgan fingerprint density at radius 1 is 0.821 bits per heavy atom. The van der Waals surface area contributed by atoms with E-state index in [0.29, 0.717) is 11.1 Å². The molecule has 2 amide bonds. The van der Waals surface area contributed by atoms with Gasteiger partial charge in [-0.1, -0.05) is 66.7 Å². The quantitative estimate of drug-likeness (QED) is 0.335. The third-order valence-corrected chi connectivity index (χ3v) is 7.90. The molecule has 0 radical (unpaired) electrons. The van der Waals surface area contributed by atoms with Crippen LogP contribution >= 0.6 is 0 Å². The summed E-state index contributed by atoms with van der Waals surface area (Å²) in [5.74, 6) is -0.0913. The summed E-state index contributed by atoms with van der Waals surface area (Å²) in [6.07, 6.45) is 1.89. The smallest absolute Gasteiger partial charge is 0.256 e. The second-order valence-electron chi connectivity index (χ2n) is 10.4. The molecule has 2 aliphatic heterocycles. The Hall–Kier alpha value is -4.42. The fraction of sp³-hybridized carbons (Fsp3) is 0.212. The van der Waals surface area contributed by atoms with Crippen LogP contribution in [-0.4, -0.2) is 59.8 Å². The third-order valence-electron chi connectivity index (χ3n) is 7.90. The number of rotatable bonds is 4. The van der Waals surface area contributed by atoms with Gasteiger partial charge >= 0.3 is 0 Å². The number of aromatic nitrogens is 1. The lowest BCUT2D eigenvalue weighted by Gasteiger charge is -2.32. The van der Waals surface area contributed by atoms with Crippen LogP contribution in [0, 0.1) is 13.8 Å². The molecule has 1 fully saturated rings. The second-order valence-corrected chi connectivity index (χ2v) is 10.4. The number of amides is 2. The molecule has 3 aromatic carbocycles. The molecule has 6 rings (SSSR count). The molecule has 3 heterocycles. The van der Waals surface area contributed by atoms with Crippen molar-refractivity contribution in [3.05, 3.63) is 101 Å². The number of nitrogens with one attached hydrogen (secondary N) is 2. The zero-order chi connectivity index (χ0) is 27.1. The lowest BCUT2D eigenvalue weighted by molar-refractivity contribution is -0.110. The van der Waals surface area contributed by atoms with Crippen molar-refractivity contribution in [3.63, 3.8) is 0 Å². The first kappa shape index (κ1) is 24.9. The summed E-state index contributed by atoms with van der Waals surface area (Å²) in [4.78, 5) is 34.2. The summed E-state index contributed by atoms with van der Waals surface area (Å²) >= 11 is 0. The number of benzene rings is 3. The van der Waals surface area contributed by atoms with Gasteiger partial charge in [-0.3, -0.25) is 9.59 Å². The number of aromatic amines is 1. The van der Waals surface area contributed by atoms with E-state index >= 15 is 0 Å². The molecule has 6 heteroatoms. The van der Waals surface area contributed by atoms with E-state index in [1.807, 2.05) is 55.2 Å². The average Bonchev–Trinajstić information content (AvgIpc) is 3.43. The maximum atomic E-state index is 13.4. The number of carbonyl (C=O) groups is 2. The Morgan fingerprint density at radius 2 is 1.49 bits per heavy atom. The van der Waals surface area contributed by atoms with E-state index in [1.165, 1.54) is 5.56 Å². The molecule has 0 unspecified atom stereocenters. The van der Waals surface area contributed by atoms with E-state index in [-0.39, 0.29) is 11.8 Å². The molecule has 39 heavy (non-hydrogen) atoms. The van der Waals surface area contributed by atoms with Gasteiger partial charge in [0.15, 0.2) is 0 Å². The summed E-state index contributed by atoms with van der Waals surface area (Å²) in [5, 5.41) is 3.03. The third kappa shape index (κ3) is 4.57.